The van der Waals surface area contributed by atoms with Crippen LogP contribution in [-0.4, -0.2) is 24.5 Å². The molecule has 2 unspecified atom stereocenters. The number of hydrogen-bond acceptors (Lipinski definition) is 2. The van der Waals surface area contributed by atoms with E-state index in [4.69, 9.17) is 5.26 Å². The van der Waals surface area contributed by atoms with Crippen LogP contribution in [0.5, 0.6) is 0 Å². The summed E-state index contributed by atoms with van der Waals surface area (Å²) in [5, 5.41) is 8.77. The molecule has 0 saturated carbocycles. The van der Waals surface area contributed by atoms with Gasteiger partial charge in [-0.3, -0.25) is 0 Å². The van der Waals surface area contributed by atoms with E-state index in [9.17, 15) is 0 Å². The zero-order valence-electron chi connectivity index (χ0n) is 11.4. The number of likely N-dealkylation sites (N-methyl/N-ethyl adjacent to an activating group) is 1. The van der Waals surface area contributed by atoms with E-state index in [-0.39, 0.29) is 0 Å². The van der Waals surface area contributed by atoms with Gasteiger partial charge in [-0.05, 0) is 50.3 Å². The Bertz CT molecular complexity index is 433. The highest BCUT2D eigenvalue weighted by molar-refractivity contribution is 5.32. The molecule has 0 aliphatic heterocycles. The summed E-state index contributed by atoms with van der Waals surface area (Å²) >= 11 is 0. The maximum Gasteiger partial charge on any atom is 0.0638 e. The van der Waals surface area contributed by atoms with Crippen LogP contribution in [0.3, 0.4) is 0 Å². The molecule has 2 rings (SSSR count). The van der Waals surface area contributed by atoms with E-state index in [1.165, 1.54) is 30.4 Å². The zero-order valence-corrected chi connectivity index (χ0v) is 11.4. The van der Waals surface area contributed by atoms with Gasteiger partial charge in [-0.2, -0.15) is 5.26 Å². The van der Waals surface area contributed by atoms with Crippen LogP contribution in [-0.2, 0) is 6.42 Å². The Morgan fingerprint density at radius 2 is 2.22 bits per heavy atom. The molecule has 0 heterocycles. The number of hydrogen-bond donors (Lipinski definition) is 0. The SMILES string of the molecule is CC(CC#N)N(C)CC1CCCc2ccccc21. The van der Waals surface area contributed by atoms with Gasteiger partial charge >= 0.3 is 0 Å². The highest BCUT2D eigenvalue weighted by atomic mass is 15.1. The third-order valence-corrected chi connectivity index (χ3v) is 4.14. The van der Waals surface area contributed by atoms with Gasteiger partial charge in [0.2, 0.25) is 0 Å². The van der Waals surface area contributed by atoms with Gasteiger partial charge in [0, 0.05) is 12.6 Å². The van der Waals surface area contributed by atoms with Gasteiger partial charge in [0.15, 0.2) is 0 Å². The van der Waals surface area contributed by atoms with Gasteiger partial charge in [0.1, 0.15) is 0 Å². The first-order chi connectivity index (χ1) is 8.72. The van der Waals surface area contributed by atoms with Crippen molar-refractivity contribution in [3.8, 4) is 6.07 Å². The normalized spacial score (nSPS) is 20.2. The lowest BCUT2D eigenvalue weighted by Gasteiger charge is -2.31. The third kappa shape index (κ3) is 2.91. The van der Waals surface area contributed by atoms with Gasteiger partial charge < -0.3 is 4.90 Å². The molecule has 0 N–H and O–H groups in total. The smallest absolute Gasteiger partial charge is 0.0638 e. The molecule has 2 nitrogen and oxygen atoms in total. The van der Waals surface area contributed by atoms with Crippen molar-refractivity contribution in [2.24, 2.45) is 0 Å². The van der Waals surface area contributed by atoms with Crippen LogP contribution in [0.4, 0.5) is 0 Å². The Balaban J connectivity index is 2.05. The molecule has 18 heavy (non-hydrogen) atoms. The van der Waals surface area contributed by atoms with E-state index in [2.05, 4.69) is 49.2 Å². The fourth-order valence-electron chi connectivity index (χ4n) is 2.86. The van der Waals surface area contributed by atoms with Crippen LogP contribution in [0.25, 0.3) is 0 Å². The molecule has 0 amide bonds. The van der Waals surface area contributed by atoms with Crippen LogP contribution >= 0.6 is 0 Å². The molecule has 0 fully saturated rings. The molecule has 0 saturated heterocycles. The van der Waals surface area contributed by atoms with E-state index < -0.39 is 0 Å². The minimum Gasteiger partial charge on any atom is -0.302 e. The Morgan fingerprint density at radius 3 is 3.00 bits per heavy atom. The van der Waals surface area contributed by atoms with Crippen molar-refractivity contribution in [3.63, 3.8) is 0 Å². The molecule has 1 aliphatic carbocycles. The highest BCUT2D eigenvalue weighted by Gasteiger charge is 2.22. The summed E-state index contributed by atoms with van der Waals surface area (Å²) in [6, 6.07) is 11.4. The Hall–Kier alpha value is -1.33. The standard InChI is InChI=1S/C16H22N2/c1-13(10-11-17)18(2)12-15-8-5-7-14-6-3-4-9-16(14)15/h3-4,6,9,13,15H,5,7-8,10,12H2,1-2H3. The van der Waals surface area contributed by atoms with Crippen molar-refractivity contribution < 1.29 is 0 Å². The average molecular weight is 242 g/mol. The molecule has 1 aliphatic rings. The molecule has 96 valence electrons. The molecule has 0 aromatic heterocycles. The van der Waals surface area contributed by atoms with Crippen LogP contribution in [0.2, 0.25) is 0 Å². The summed E-state index contributed by atoms with van der Waals surface area (Å²) in [6.07, 6.45) is 4.41. The lowest BCUT2D eigenvalue weighted by molar-refractivity contribution is 0.236. The van der Waals surface area contributed by atoms with Crippen LogP contribution in [0.15, 0.2) is 24.3 Å². The minimum absolute atomic E-state index is 0.351. The largest absolute Gasteiger partial charge is 0.302 e. The fraction of sp³-hybridized carbons (Fsp3) is 0.562. The van der Waals surface area contributed by atoms with Gasteiger partial charge in [-0.15, -0.1) is 0 Å². The van der Waals surface area contributed by atoms with Crippen molar-refractivity contribution >= 4 is 0 Å². The number of nitrogens with zero attached hydrogens (tertiary/aromatic N) is 2. The number of rotatable bonds is 4. The van der Waals surface area contributed by atoms with Crippen molar-refractivity contribution in [1.82, 2.24) is 4.90 Å². The minimum atomic E-state index is 0.351. The van der Waals surface area contributed by atoms with Crippen LogP contribution in [0, 0.1) is 11.3 Å². The molecular formula is C16H22N2. The molecule has 0 radical (unpaired) electrons. The molecule has 1 aromatic rings. The summed E-state index contributed by atoms with van der Waals surface area (Å²) in [6.45, 7) is 3.21. The van der Waals surface area contributed by atoms with Crippen molar-refractivity contribution in [2.75, 3.05) is 13.6 Å². The number of fused-ring (bicyclic) bond motifs is 1. The fourth-order valence-corrected chi connectivity index (χ4v) is 2.86. The summed E-state index contributed by atoms with van der Waals surface area (Å²) in [7, 11) is 2.14. The first-order valence-electron chi connectivity index (χ1n) is 6.87. The van der Waals surface area contributed by atoms with Gasteiger partial charge in [0.25, 0.3) is 0 Å². The lowest BCUT2D eigenvalue weighted by atomic mass is 9.82. The van der Waals surface area contributed by atoms with Crippen molar-refractivity contribution in [3.05, 3.63) is 35.4 Å². The number of aryl methyl sites for hydroxylation is 1. The zero-order chi connectivity index (χ0) is 13.0. The first kappa shape index (κ1) is 13.1. The van der Waals surface area contributed by atoms with Gasteiger partial charge in [0.05, 0.1) is 12.5 Å². The second-order valence-corrected chi connectivity index (χ2v) is 5.44. The predicted octanol–water partition coefficient (Wildman–Crippen LogP) is 3.34. The number of nitriles is 1. The molecular weight excluding hydrogens is 220 g/mol. The Labute approximate surface area is 110 Å². The molecule has 1 aromatic carbocycles. The maximum atomic E-state index is 8.77. The van der Waals surface area contributed by atoms with E-state index in [0.717, 1.165) is 6.54 Å². The second-order valence-electron chi connectivity index (χ2n) is 5.44. The van der Waals surface area contributed by atoms with E-state index in [1.54, 1.807) is 0 Å². The topological polar surface area (TPSA) is 27.0 Å². The Morgan fingerprint density at radius 1 is 1.44 bits per heavy atom. The summed E-state index contributed by atoms with van der Waals surface area (Å²) in [4.78, 5) is 2.33. The average Bonchev–Trinajstić information content (AvgIpc) is 2.39. The van der Waals surface area contributed by atoms with Crippen molar-refractivity contribution in [2.45, 2.75) is 44.6 Å². The monoisotopic (exact) mass is 242 g/mol. The van der Waals surface area contributed by atoms with Crippen LogP contribution in [0.1, 0.15) is 43.2 Å². The lowest BCUT2D eigenvalue weighted by Crippen LogP contribution is -2.33. The van der Waals surface area contributed by atoms with E-state index >= 15 is 0 Å². The Kier molecular flexibility index (Phi) is 4.38. The number of benzene rings is 1. The van der Waals surface area contributed by atoms with Crippen LogP contribution < -0.4 is 0 Å². The first-order valence-corrected chi connectivity index (χ1v) is 6.87. The van der Waals surface area contributed by atoms with Gasteiger partial charge in [-0.25, -0.2) is 0 Å². The van der Waals surface area contributed by atoms with Gasteiger partial charge in [-0.1, -0.05) is 24.3 Å². The third-order valence-electron chi connectivity index (χ3n) is 4.14. The predicted molar refractivity (Wildman–Crippen MR) is 74.4 cm³/mol. The van der Waals surface area contributed by atoms with E-state index in [0.29, 0.717) is 18.4 Å². The molecule has 0 spiro atoms. The highest BCUT2D eigenvalue weighted by Crippen LogP contribution is 2.32. The maximum absolute atomic E-state index is 8.77. The summed E-state index contributed by atoms with van der Waals surface area (Å²) in [5.74, 6) is 0.640. The molecule has 0 bridgehead atoms. The quantitative estimate of drug-likeness (QED) is 0.809. The summed E-state index contributed by atoms with van der Waals surface area (Å²) < 4.78 is 0. The van der Waals surface area contributed by atoms with Crippen molar-refractivity contribution in [1.29, 1.82) is 5.26 Å². The van der Waals surface area contributed by atoms with E-state index in [1.807, 2.05) is 0 Å². The molecule has 2 atom stereocenters. The second kappa shape index (κ2) is 6.02. The summed E-state index contributed by atoms with van der Waals surface area (Å²) in [5.41, 5.74) is 3.05. The molecule has 2 heteroatoms.